The zero-order valence-electron chi connectivity index (χ0n) is 17.3. The number of pyridine rings is 2. The second kappa shape index (κ2) is 16.5. The van der Waals surface area contributed by atoms with Gasteiger partial charge in [-0.15, -0.1) is 0 Å². The molecular formula is C22H27BiN4S2. The Morgan fingerprint density at radius 1 is 0.690 bits per heavy atom. The Bertz CT molecular complexity index is 709. The summed E-state index contributed by atoms with van der Waals surface area (Å²) in [7, 11) is 8.30. The molecule has 0 unspecified atom stereocenters. The van der Waals surface area contributed by atoms with E-state index in [0.29, 0.717) is 10.1 Å². The van der Waals surface area contributed by atoms with Crippen LogP contribution < -0.4 is 0 Å². The first-order valence-electron chi connectivity index (χ1n) is 8.82. The van der Waals surface area contributed by atoms with Crippen LogP contribution in [0, 0.1) is 6.07 Å². The molecule has 0 aliphatic carbocycles. The van der Waals surface area contributed by atoms with Crippen molar-refractivity contribution in [2.24, 2.45) is 0 Å². The van der Waals surface area contributed by atoms with Crippen molar-refractivity contribution in [3.05, 3.63) is 84.2 Å². The molecule has 7 heteroatoms. The Labute approximate surface area is 205 Å². The topological polar surface area (TPSA) is 32.3 Å². The van der Waals surface area contributed by atoms with Gasteiger partial charge < -0.3 is 35.1 Å². The van der Waals surface area contributed by atoms with E-state index < -0.39 is 0 Å². The van der Waals surface area contributed by atoms with Gasteiger partial charge in [-0.25, -0.2) is 0 Å². The van der Waals surface area contributed by atoms with Crippen LogP contribution in [0.3, 0.4) is 0 Å². The van der Waals surface area contributed by atoms with Crippen molar-refractivity contribution < 1.29 is 0 Å². The molecule has 0 aliphatic heterocycles. The van der Waals surface area contributed by atoms with Crippen molar-refractivity contribution in [2.45, 2.75) is 23.1 Å². The third-order valence-corrected chi connectivity index (χ3v) is 3.65. The molecule has 4 radical (unpaired) electrons. The van der Waals surface area contributed by atoms with Crippen molar-refractivity contribution >= 4 is 51.5 Å². The molecule has 0 saturated carbocycles. The molecule has 0 spiro atoms. The second-order valence-electron chi connectivity index (χ2n) is 6.51. The SMILES string of the molecule is CN(C)Cc1[c]c(CN(C)C)ccc1.[Bi+2].[S-]c1ccccn1.[S-]c1ccccn1. The van der Waals surface area contributed by atoms with Gasteiger partial charge in [-0.3, -0.25) is 9.97 Å². The van der Waals surface area contributed by atoms with Gasteiger partial charge in [0.25, 0.3) is 0 Å². The van der Waals surface area contributed by atoms with Crippen LogP contribution in [0.5, 0.6) is 0 Å². The third kappa shape index (κ3) is 15.3. The first kappa shape index (κ1) is 27.8. The van der Waals surface area contributed by atoms with E-state index in [2.05, 4.69) is 72.2 Å². The normalized spacial score (nSPS) is 9.59. The van der Waals surface area contributed by atoms with Gasteiger partial charge in [0.15, 0.2) is 0 Å². The van der Waals surface area contributed by atoms with Crippen LogP contribution in [-0.4, -0.2) is 74.2 Å². The van der Waals surface area contributed by atoms with Crippen LogP contribution in [0.2, 0.25) is 0 Å². The van der Waals surface area contributed by atoms with Gasteiger partial charge in [0.05, 0.1) is 0 Å². The zero-order chi connectivity index (χ0) is 20.8. The Balaban J connectivity index is 0.000000440. The molecule has 4 nitrogen and oxygen atoms in total. The molecule has 3 rings (SSSR count). The van der Waals surface area contributed by atoms with Gasteiger partial charge in [0, 0.05) is 25.5 Å². The minimum Gasteiger partial charge on any atom is -0.760 e. The van der Waals surface area contributed by atoms with Crippen molar-refractivity contribution in [1.29, 1.82) is 0 Å². The van der Waals surface area contributed by atoms with E-state index >= 15 is 0 Å². The first-order valence-corrected chi connectivity index (χ1v) is 9.64. The maximum atomic E-state index is 4.70. The summed E-state index contributed by atoms with van der Waals surface area (Å²) in [6.45, 7) is 1.92. The molecule has 0 aliphatic rings. The molecule has 0 N–H and O–H groups in total. The maximum absolute atomic E-state index is 4.70. The fraction of sp³-hybridized carbons (Fsp3) is 0.273. The predicted octanol–water partition coefficient (Wildman–Crippen LogP) is 3.20. The van der Waals surface area contributed by atoms with Crippen LogP contribution in [0.4, 0.5) is 0 Å². The summed E-state index contributed by atoms with van der Waals surface area (Å²) < 4.78 is 0. The molecule has 0 bridgehead atoms. The molecule has 3 aromatic rings. The van der Waals surface area contributed by atoms with Crippen molar-refractivity contribution in [3.8, 4) is 0 Å². The summed E-state index contributed by atoms with van der Waals surface area (Å²) in [4.78, 5) is 11.9. The van der Waals surface area contributed by atoms with Gasteiger partial charge in [-0.1, -0.05) is 52.5 Å². The van der Waals surface area contributed by atoms with Crippen LogP contribution in [-0.2, 0) is 38.3 Å². The summed E-state index contributed by atoms with van der Waals surface area (Å²) in [5.41, 5.74) is 2.52. The van der Waals surface area contributed by atoms with Crippen LogP contribution in [0.25, 0.3) is 0 Å². The standard InChI is InChI=1S/C12H19N2.2C5H5NS.Bi/c1-13(2)9-11-6-5-7-12(8-11)10-14(3)4;2*7-5-3-1-2-4-6-5;/h5-7H,9-10H2,1-4H3;2*1-4H,(H,6,7);/q;;;+2/p-2. The maximum Gasteiger partial charge on any atom is 2.00 e. The summed E-state index contributed by atoms with van der Waals surface area (Å²) in [6, 6.07) is 20.8. The molecule has 1 aromatic carbocycles. The number of benzene rings is 1. The number of hydrogen-bond acceptors (Lipinski definition) is 6. The van der Waals surface area contributed by atoms with E-state index in [0.717, 1.165) is 13.1 Å². The number of aromatic nitrogens is 2. The number of nitrogens with zero attached hydrogens (tertiary/aromatic N) is 4. The second-order valence-corrected chi connectivity index (χ2v) is 7.35. The summed E-state index contributed by atoms with van der Waals surface area (Å²) in [5.74, 6) is 0. The van der Waals surface area contributed by atoms with Crippen LogP contribution in [0.15, 0.2) is 77.0 Å². The molecule has 0 atom stereocenters. The summed E-state index contributed by atoms with van der Waals surface area (Å²) in [6.07, 6.45) is 3.37. The average Bonchev–Trinajstić information content (AvgIpc) is 2.63. The molecule has 2 heterocycles. The van der Waals surface area contributed by atoms with E-state index in [-0.39, 0.29) is 26.2 Å². The minimum absolute atomic E-state index is 0. The zero-order valence-corrected chi connectivity index (χ0v) is 22.4. The van der Waals surface area contributed by atoms with Gasteiger partial charge >= 0.3 is 26.2 Å². The monoisotopic (exact) mass is 620 g/mol. The van der Waals surface area contributed by atoms with Crippen molar-refractivity contribution in [3.63, 3.8) is 0 Å². The molecule has 0 amide bonds. The summed E-state index contributed by atoms with van der Waals surface area (Å²) >= 11 is 9.40. The predicted molar refractivity (Wildman–Crippen MR) is 126 cm³/mol. The summed E-state index contributed by atoms with van der Waals surface area (Å²) in [5, 5.41) is 1.31. The fourth-order valence-electron chi connectivity index (χ4n) is 2.13. The fourth-order valence-corrected chi connectivity index (χ4v) is 2.41. The Kier molecular flexibility index (Phi) is 15.8. The van der Waals surface area contributed by atoms with E-state index in [1.807, 2.05) is 24.3 Å². The minimum atomic E-state index is 0. The van der Waals surface area contributed by atoms with E-state index in [1.54, 1.807) is 24.5 Å². The third-order valence-electron chi connectivity index (χ3n) is 3.16. The van der Waals surface area contributed by atoms with Crippen molar-refractivity contribution in [1.82, 2.24) is 19.8 Å². The first-order chi connectivity index (χ1) is 13.4. The van der Waals surface area contributed by atoms with E-state index in [4.69, 9.17) is 25.3 Å². The van der Waals surface area contributed by atoms with Gasteiger partial charge in [0.1, 0.15) is 0 Å². The van der Waals surface area contributed by atoms with Crippen LogP contribution in [0.1, 0.15) is 11.1 Å². The number of rotatable bonds is 4. The van der Waals surface area contributed by atoms with Gasteiger partial charge in [-0.05, 0) is 57.5 Å². The quantitative estimate of drug-likeness (QED) is 0.329. The van der Waals surface area contributed by atoms with Gasteiger partial charge in [0.2, 0.25) is 0 Å². The molecule has 152 valence electrons. The average molecular weight is 621 g/mol. The van der Waals surface area contributed by atoms with E-state index in [9.17, 15) is 0 Å². The molecule has 29 heavy (non-hydrogen) atoms. The molecule has 0 saturated heterocycles. The van der Waals surface area contributed by atoms with Crippen LogP contribution >= 0.6 is 0 Å². The molecule has 2 aromatic heterocycles. The smallest absolute Gasteiger partial charge is 0.760 e. The Hall–Kier alpha value is -1.24. The Morgan fingerprint density at radius 2 is 1.10 bits per heavy atom. The Morgan fingerprint density at radius 3 is 1.34 bits per heavy atom. The van der Waals surface area contributed by atoms with Gasteiger partial charge in [-0.2, -0.15) is 0 Å². The largest absolute Gasteiger partial charge is 2.00 e. The molecule has 0 fully saturated rings. The van der Waals surface area contributed by atoms with E-state index in [1.165, 1.54) is 11.1 Å². The van der Waals surface area contributed by atoms with Crippen molar-refractivity contribution in [2.75, 3.05) is 28.2 Å². The molecular weight excluding hydrogens is 593 g/mol. The number of hydrogen-bond donors (Lipinski definition) is 0.